The average molecular weight is 846 g/mol. The zero-order valence-corrected chi connectivity index (χ0v) is 44.1. The van der Waals surface area contributed by atoms with Gasteiger partial charge >= 0.3 is 0 Å². The first kappa shape index (κ1) is 62.1. The van der Waals surface area contributed by atoms with Gasteiger partial charge in [0.05, 0.1) is 0 Å². The summed E-state index contributed by atoms with van der Waals surface area (Å²) >= 11 is 0. The van der Waals surface area contributed by atoms with Crippen LogP contribution in [-0.4, -0.2) is 0 Å². The van der Waals surface area contributed by atoms with Gasteiger partial charge in [-0.2, -0.15) is 0 Å². The Hall–Kier alpha value is 0. The van der Waals surface area contributed by atoms with E-state index in [1.807, 2.05) is 0 Å². The van der Waals surface area contributed by atoms with Crippen LogP contribution in [0.4, 0.5) is 0 Å². The Bertz CT molecular complexity index is 694. The molecule has 0 saturated carbocycles. The summed E-state index contributed by atoms with van der Waals surface area (Å²) in [5.74, 6) is 3.02. The van der Waals surface area contributed by atoms with Gasteiger partial charge in [-0.15, -0.1) is 0 Å². The Morgan fingerprint density at radius 3 is 0.567 bits per heavy atom. The normalized spacial score (nSPS) is 13.1. The summed E-state index contributed by atoms with van der Waals surface area (Å²) in [7, 11) is 0. The monoisotopic (exact) mass is 845 g/mol. The Kier molecular flexibility index (Phi) is 59.0. The number of rotatable bonds is 51. The van der Waals surface area contributed by atoms with Crippen molar-refractivity contribution in [1.29, 1.82) is 0 Å². The molecule has 0 aliphatic rings. The van der Waals surface area contributed by atoms with E-state index in [1.54, 1.807) is 0 Å². The lowest BCUT2D eigenvalue weighted by Gasteiger charge is -2.21. The SMILES string of the molecule is CCCCCCCCCCC(CCCCCCCC)CC(C)CCCCCCCC.CCCCCCCCCCCC(CCCCCCCC)CCCCCCCCCC. The minimum Gasteiger partial charge on any atom is -0.0654 e. The largest absolute Gasteiger partial charge is 0.0654 e. The topological polar surface area (TPSA) is 0 Å². The highest BCUT2D eigenvalue weighted by molar-refractivity contribution is 4.67. The summed E-state index contributed by atoms with van der Waals surface area (Å²) in [6.45, 7) is 16.5. The van der Waals surface area contributed by atoms with E-state index in [4.69, 9.17) is 0 Å². The molecule has 0 bridgehead atoms. The lowest BCUT2D eigenvalue weighted by atomic mass is 9.85. The second-order valence-electron chi connectivity index (χ2n) is 20.9. The van der Waals surface area contributed by atoms with Crippen molar-refractivity contribution in [3.63, 3.8) is 0 Å². The van der Waals surface area contributed by atoms with Crippen molar-refractivity contribution in [2.24, 2.45) is 17.8 Å². The molecule has 0 aromatic heterocycles. The maximum Gasteiger partial charge on any atom is -0.0412 e. The van der Waals surface area contributed by atoms with Crippen LogP contribution >= 0.6 is 0 Å². The summed E-state index contributed by atoms with van der Waals surface area (Å²) in [6.07, 6.45) is 73.5. The Morgan fingerprint density at radius 2 is 0.350 bits per heavy atom. The van der Waals surface area contributed by atoms with Gasteiger partial charge in [-0.1, -0.05) is 363 Å². The van der Waals surface area contributed by atoms with Gasteiger partial charge in [0.15, 0.2) is 0 Å². The molecule has 3 unspecified atom stereocenters. The predicted octanol–water partition coefficient (Wildman–Crippen LogP) is 23.5. The lowest BCUT2D eigenvalue weighted by Crippen LogP contribution is -2.08. The maximum atomic E-state index is 2.55. The summed E-state index contributed by atoms with van der Waals surface area (Å²) in [5.41, 5.74) is 0. The van der Waals surface area contributed by atoms with Crippen molar-refractivity contribution in [1.82, 2.24) is 0 Å². The van der Waals surface area contributed by atoms with E-state index in [9.17, 15) is 0 Å². The highest BCUT2D eigenvalue weighted by atomic mass is 14.2. The third-order valence-corrected chi connectivity index (χ3v) is 14.4. The van der Waals surface area contributed by atoms with E-state index >= 15 is 0 Å². The van der Waals surface area contributed by atoms with Gasteiger partial charge in [-0.05, 0) is 24.2 Å². The molecule has 0 rings (SSSR count). The van der Waals surface area contributed by atoms with Gasteiger partial charge in [0.25, 0.3) is 0 Å². The molecular weight excluding hydrogens is 721 g/mol. The van der Waals surface area contributed by atoms with Gasteiger partial charge in [-0.25, -0.2) is 0 Å². The van der Waals surface area contributed by atoms with Crippen LogP contribution in [-0.2, 0) is 0 Å². The average Bonchev–Trinajstić information content (AvgIpc) is 3.25. The third kappa shape index (κ3) is 54.1. The predicted molar refractivity (Wildman–Crippen MR) is 281 cm³/mol. The first-order valence-electron chi connectivity index (χ1n) is 29.6. The van der Waals surface area contributed by atoms with Crippen molar-refractivity contribution in [3.8, 4) is 0 Å². The summed E-state index contributed by atoms with van der Waals surface area (Å²) in [6, 6.07) is 0. The third-order valence-electron chi connectivity index (χ3n) is 14.4. The second-order valence-corrected chi connectivity index (χ2v) is 20.9. The highest BCUT2D eigenvalue weighted by Gasteiger charge is 2.14. The molecule has 0 nitrogen and oxygen atoms in total. The Morgan fingerprint density at radius 1 is 0.183 bits per heavy atom. The van der Waals surface area contributed by atoms with E-state index in [0.29, 0.717) is 0 Å². The molecule has 0 radical (unpaired) electrons. The molecule has 0 spiro atoms. The molecule has 0 saturated heterocycles. The van der Waals surface area contributed by atoms with Crippen LogP contribution in [0.15, 0.2) is 0 Å². The van der Waals surface area contributed by atoms with Crippen molar-refractivity contribution in [2.75, 3.05) is 0 Å². The van der Waals surface area contributed by atoms with Crippen LogP contribution in [0.25, 0.3) is 0 Å². The molecule has 364 valence electrons. The Balaban J connectivity index is 0. The molecule has 0 aliphatic carbocycles. The molecule has 0 fully saturated rings. The number of unbranched alkanes of at least 4 members (excludes halogenated alkanes) is 37. The molecule has 3 atom stereocenters. The Labute approximate surface area is 385 Å². The van der Waals surface area contributed by atoms with Crippen LogP contribution in [0.2, 0.25) is 0 Å². The maximum absolute atomic E-state index is 2.55. The van der Waals surface area contributed by atoms with E-state index in [1.165, 1.54) is 321 Å². The van der Waals surface area contributed by atoms with Gasteiger partial charge in [0.1, 0.15) is 0 Å². The van der Waals surface area contributed by atoms with E-state index in [2.05, 4.69) is 48.5 Å². The van der Waals surface area contributed by atoms with Gasteiger partial charge in [0, 0.05) is 0 Å². The van der Waals surface area contributed by atoms with Gasteiger partial charge < -0.3 is 0 Å². The van der Waals surface area contributed by atoms with Crippen molar-refractivity contribution >= 4 is 0 Å². The number of hydrogen-bond acceptors (Lipinski definition) is 0. The minimum absolute atomic E-state index is 0.954. The lowest BCUT2D eigenvalue weighted by molar-refractivity contribution is 0.313. The van der Waals surface area contributed by atoms with Gasteiger partial charge in [0.2, 0.25) is 0 Å². The summed E-state index contributed by atoms with van der Waals surface area (Å²) in [4.78, 5) is 0. The fourth-order valence-corrected chi connectivity index (χ4v) is 10.1. The van der Waals surface area contributed by atoms with Crippen molar-refractivity contribution in [3.05, 3.63) is 0 Å². The summed E-state index contributed by atoms with van der Waals surface area (Å²) in [5, 5.41) is 0. The zero-order chi connectivity index (χ0) is 44.1. The van der Waals surface area contributed by atoms with E-state index in [0.717, 1.165) is 17.8 Å². The second kappa shape index (κ2) is 57.0. The minimum atomic E-state index is 0.954. The highest BCUT2D eigenvalue weighted by Crippen LogP contribution is 2.29. The zero-order valence-electron chi connectivity index (χ0n) is 44.1. The van der Waals surface area contributed by atoms with Gasteiger partial charge in [-0.3, -0.25) is 0 Å². The molecule has 0 aliphatic heterocycles. The standard InChI is InChI=1S/2C30H62/c1-5-8-11-14-17-18-21-24-27-30(26-23-20-16-13-10-7-3)28-29(4)25-22-19-15-12-9-6-2;1-4-7-10-13-16-18-20-23-26-29-30(27-24-21-15-12-9-6-3)28-25-22-19-17-14-11-8-5-2/h29-30H,5-28H2,1-4H3;30H,4-29H2,1-3H3. The van der Waals surface area contributed by atoms with E-state index < -0.39 is 0 Å². The van der Waals surface area contributed by atoms with E-state index in [-0.39, 0.29) is 0 Å². The first-order chi connectivity index (χ1) is 29.6. The smallest absolute Gasteiger partial charge is 0.0412 e. The molecule has 0 aromatic rings. The van der Waals surface area contributed by atoms with Crippen molar-refractivity contribution in [2.45, 2.75) is 370 Å². The van der Waals surface area contributed by atoms with Crippen LogP contribution in [0.5, 0.6) is 0 Å². The van der Waals surface area contributed by atoms with Crippen LogP contribution in [0.1, 0.15) is 370 Å². The van der Waals surface area contributed by atoms with Crippen LogP contribution in [0, 0.1) is 17.8 Å². The molecule has 0 heterocycles. The van der Waals surface area contributed by atoms with Crippen LogP contribution in [0.3, 0.4) is 0 Å². The molecule has 0 amide bonds. The number of hydrogen-bond donors (Lipinski definition) is 0. The molecular formula is C60H124. The summed E-state index contributed by atoms with van der Waals surface area (Å²) < 4.78 is 0. The fraction of sp³-hybridized carbons (Fsp3) is 1.00. The quantitative estimate of drug-likeness (QED) is 0.0535. The molecule has 0 heteroatoms. The molecule has 0 aromatic carbocycles. The van der Waals surface area contributed by atoms with Crippen molar-refractivity contribution < 1.29 is 0 Å². The molecule has 60 heavy (non-hydrogen) atoms. The fourth-order valence-electron chi connectivity index (χ4n) is 10.1. The van der Waals surface area contributed by atoms with Crippen LogP contribution < -0.4 is 0 Å². The molecule has 0 N–H and O–H groups in total. The first-order valence-corrected chi connectivity index (χ1v) is 29.6.